The molecule has 2 aromatic rings. The third-order valence-corrected chi connectivity index (χ3v) is 2.38. The highest BCUT2D eigenvalue weighted by molar-refractivity contribution is 6.17. The predicted octanol–water partition coefficient (Wildman–Crippen LogP) is 2.25. The maximum atomic E-state index is 12.7. The van der Waals surface area contributed by atoms with Crippen molar-refractivity contribution in [3.05, 3.63) is 47.5 Å². The number of hydrogen-bond donors (Lipinski definition) is 0. The van der Waals surface area contributed by atoms with E-state index in [1.54, 1.807) is 16.8 Å². The Balaban J connectivity index is 2.05. The predicted molar refractivity (Wildman–Crippen MR) is 59.9 cm³/mol. The molecule has 0 amide bonds. The molecule has 0 fully saturated rings. The van der Waals surface area contributed by atoms with E-state index in [-0.39, 0.29) is 5.82 Å². The molecule has 0 radical (unpaired) electrons. The molecule has 0 aliphatic heterocycles. The lowest BCUT2D eigenvalue weighted by molar-refractivity contribution is 0.621. The van der Waals surface area contributed by atoms with Gasteiger partial charge in [0.25, 0.3) is 0 Å². The van der Waals surface area contributed by atoms with Crippen LogP contribution in [0.25, 0.3) is 0 Å². The van der Waals surface area contributed by atoms with Crippen LogP contribution >= 0.6 is 11.6 Å². The standard InChI is InChI=1S/C11H11ClFN3/c12-6-5-11-8-16(15-14-11)7-9-1-3-10(13)4-2-9/h1-4,8H,5-7H2. The maximum Gasteiger partial charge on any atom is 0.123 e. The van der Waals surface area contributed by atoms with Gasteiger partial charge in [-0.1, -0.05) is 17.3 Å². The molecule has 0 aliphatic carbocycles. The van der Waals surface area contributed by atoms with Gasteiger partial charge >= 0.3 is 0 Å². The van der Waals surface area contributed by atoms with Gasteiger partial charge in [0.1, 0.15) is 5.82 Å². The van der Waals surface area contributed by atoms with Gasteiger partial charge in [0.05, 0.1) is 12.2 Å². The number of aryl methyl sites for hydroxylation is 1. The van der Waals surface area contributed by atoms with E-state index in [1.807, 2.05) is 6.20 Å². The van der Waals surface area contributed by atoms with Gasteiger partial charge in [-0.25, -0.2) is 9.07 Å². The molecular formula is C11H11ClFN3. The van der Waals surface area contributed by atoms with Gasteiger partial charge in [-0.05, 0) is 17.7 Å². The third-order valence-electron chi connectivity index (χ3n) is 2.19. The molecule has 0 unspecified atom stereocenters. The van der Waals surface area contributed by atoms with Crippen LogP contribution in [0.15, 0.2) is 30.5 Å². The second kappa shape index (κ2) is 5.07. The molecule has 5 heteroatoms. The van der Waals surface area contributed by atoms with Gasteiger partial charge in [0, 0.05) is 18.5 Å². The smallest absolute Gasteiger partial charge is 0.123 e. The van der Waals surface area contributed by atoms with Crippen LogP contribution in [0.2, 0.25) is 0 Å². The highest BCUT2D eigenvalue weighted by atomic mass is 35.5. The van der Waals surface area contributed by atoms with Crippen LogP contribution in [-0.2, 0) is 13.0 Å². The number of benzene rings is 1. The van der Waals surface area contributed by atoms with Crippen molar-refractivity contribution in [2.75, 3.05) is 5.88 Å². The third kappa shape index (κ3) is 2.79. The molecule has 1 aromatic carbocycles. The molecule has 0 spiro atoms. The summed E-state index contributed by atoms with van der Waals surface area (Å²) in [7, 11) is 0. The molecule has 84 valence electrons. The lowest BCUT2D eigenvalue weighted by atomic mass is 10.2. The van der Waals surface area contributed by atoms with Crippen LogP contribution < -0.4 is 0 Å². The zero-order valence-corrected chi connectivity index (χ0v) is 9.36. The van der Waals surface area contributed by atoms with Crippen LogP contribution in [0.1, 0.15) is 11.3 Å². The molecule has 0 atom stereocenters. The molecule has 1 heterocycles. The summed E-state index contributed by atoms with van der Waals surface area (Å²) in [6, 6.07) is 6.34. The molecule has 0 aliphatic rings. The number of hydrogen-bond acceptors (Lipinski definition) is 2. The van der Waals surface area contributed by atoms with Crippen LogP contribution in [-0.4, -0.2) is 20.9 Å². The van der Waals surface area contributed by atoms with E-state index >= 15 is 0 Å². The highest BCUT2D eigenvalue weighted by Crippen LogP contribution is 2.05. The first-order valence-corrected chi connectivity index (χ1v) is 5.51. The van der Waals surface area contributed by atoms with Crippen molar-refractivity contribution in [1.82, 2.24) is 15.0 Å². The number of aromatic nitrogens is 3. The van der Waals surface area contributed by atoms with Crippen LogP contribution in [0.4, 0.5) is 4.39 Å². The molecule has 2 rings (SSSR count). The average Bonchev–Trinajstić information content (AvgIpc) is 2.70. The maximum absolute atomic E-state index is 12.7. The van der Waals surface area contributed by atoms with E-state index in [4.69, 9.17) is 11.6 Å². The van der Waals surface area contributed by atoms with Gasteiger partial charge < -0.3 is 0 Å². The molecule has 16 heavy (non-hydrogen) atoms. The lowest BCUT2D eigenvalue weighted by Crippen LogP contribution is -2.00. The van der Waals surface area contributed by atoms with Crippen molar-refractivity contribution in [1.29, 1.82) is 0 Å². The fourth-order valence-electron chi connectivity index (χ4n) is 1.40. The van der Waals surface area contributed by atoms with E-state index in [2.05, 4.69) is 10.3 Å². The van der Waals surface area contributed by atoms with Crippen molar-refractivity contribution in [2.24, 2.45) is 0 Å². The SMILES string of the molecule is Fc1ccc(Cn2cc(CCCl)nn2)cc1. The van der Waals surface area contributed by atoms with Crippen molar-refractivity contribution in [2.45, 2.75) is 13.0 Å². The second-order valence-electron chi connectivity index (χ2n) is 3.47. The van der Waals surface area contributed by atoms with Crippen LogP contribution in [0.5, 0.6) is 0 Å². The number of alkyl halides is 1. The Morgan fingerprint density at radius 1 is 1.25 bits per heavy atom. The quantitative estimate of drug-likeness (QED) is 0.767. The first-order valence-electron chi connectivity index (χ1n) is 4.97. The summed E-state index contributed by atoms with van der Waals surface area (Å²) < 4.78 is 14.4. The highest BCUT2D eigenvalue weighted by Gasteiger charge is 2.01. The monoisotopic (exact) mass is 239 g/mol. The average molecular weight is 240 g/mol. The summed E-state index contributed by atoms with van der Waals surface area (Å²) in [6.45, 7) is 0.593. The van der Waals surface area contributed by atoms with E-state index < -0.39 is 0 Å². The zero-order valence-electron chi connectivity index (χ0n) is 8.61. The van der Waals surface area contributed by atoms with Crippen molar-refractivity contribution in [3.63, 3.8) is 0 Å². The minimum Gasteiger partial charge on any atom is -0.248 e. The number of nitrogens with zero attached hydrogens (tertiary/aromatic N) is 3. The van der Waals surface area contributed by atoms with Crippen LogP contribution in [0, 0.1) is 5.82 Å². The Labute approximate surface area is 97.8 Å². The normalized spacial score (nSPS) is 10.6. The van der Waals surface area contributed by atoms with E-state index in [9.17, 15) is 4.39 Å². The minimum atomic E-state index is -0.231. The largest absolute Gasteiger partial charge is 0.248 e. The zero-order chi connectivity index (χ0) is 11.4. The van der Waals surface area contributed by atoms with Gasteiger partial charge in [-0.2, -0.15) is 0 Å². The summed E-state index contributed by atoms with van der Waals surface area (Å²) in [5.41, 5.74) is 1.86. The van der Waals surface area contributed by atoms with E-state index in [1.165, 1.54) is 12.1 Å². The lowest BCUT2D eigenvalue weighted by Gasteiger charge is -1.99. The topological polar surface area (TPSA) is 30.7 Å². The van der Waals surface area contributed by atoms with Gasteiger partial charge in [0.2, 0.25) is 0 Å². The molecule has 1 aromatic heterocycles. The Bertz CT molecular complexity index is 453. The van der Waals surface area contributed by atoms with Crippen molar-refractivity contribution in [3.8, 4) is 0 Å². The summed E-state index contributed by atoms with van der Waals surface area (Å²) in [5, 5.41) is 7.94. The van der Waals surface area contributed by atoms with Crippen LogP contribution in [0.3, 0.4) is 0 Å². The molecule has 0 saturated carbocycles. The Hall–Kier alpha value is -1.42. The summed E-state index contributed by atoms with van der Waals surface area (Å²) in [4.78, 5) is 0. The molecule has 0 saturated heterocycles. The van der Waals surface area contributed by atoms with Gasteiger partial charge in [-0.15, -0.1) is 16.7 Å². The summed E-state index contributed by atoms with van der Waals surface area (Å²) >= 11 is 5.60. The minimum absolute atomic E-state index is 0.231. The van der Waals surface area contributed by atoms with Crippen molar-refractivity contribution >= 4 is 11.6 Å². The Morgan fingerprint density at radius 3 is 2.69 bits per heavy atom. The van der Waals surface area contributed by atoms with E-state index in [0.717, 1.165) is 11.3 Å². The number of halogens is 2. The first-order chi connectivity index (χ1) is 7.78. The Kier molecular flexibility index (Phi) is 3.51. The summed E-state index contributed by atoms with van der Waals surface area (Å²) in [6.07, 6.45) is 2.57. The van der Waals surface area contributed by atoms with Gasteiger partial charge in [0.15, 0.2) is 0 Å². The molecular weight excluding hydrogens is 229 g/mol. The first kappa shape index (κ1) is 11.1. The second-order valence-corrected chi connectivity index (χ2v) is 3.85. The number of rotatable bonds is 4. The fourth-order valence-corrected chi connectivity index (χ4v) is 1.60. The molecule has 0 N–H and O–H groups in total. The van der Waals surface area contributed by atoms with E-state index in [0.29, 0.717) is 18.8 Å². The molecule has 3 nitrogen and oxygen atoms in total. The van der Waals surface area contributed by atoms with Crippen molar-refractivity contribution < 1.29 is 4.39 Å². The summed E-state index contributed by atoms with van der Waals surface area (Å²) in [5.74, 6) is 0.306. The fraction of sp³-hybridized carbons (Fsp3) is 0.273. The Morgan fingerprint density at radius 2 is 2.00 bits per heavy atom. The molecule has 0 bridgehead atoms. The van der Waals surface area contributed by atoms with Gasteiger partial charge in [-0.3, -0.25) is 0 Å².